The fraction of sp³-hybridized carbons (Fsp3) is 0.200. The second kappa shape index (κ2) is 9.35. The fourth-order valence-corrected chi connectivity index (χ4v) is 4.50. The van der Waals surface area contributed by atoms with Crippen LogP contribution in [0.2, 0.25) is 0 Å². The zero-order valence-corrected chi connectivity index (χ0v) is 16.7. The molecule has 8 heteroatoms. The number of nitriles is 1. The first kappa shape index (κ1) is 19.9. The van der Waals surface area contributed by atoms with Crippen molar-refractivity contribution in [1.82, 2.24) is 14.9 Å². The van der Waals surface area contributed by atoms with Gasteiger partial charge in [0.15, 0.2) is 5.16 Å². The summed E-state index contributed by atoms with van der Waals surface area (Å²) in [5.74, 6) is -0.0758. The first-order valence-electron chi connectivity index (χ1n) is 8.61. The molecule has 1 N–H and O–H groups in total. The van der Waals surface area contributed by atoms with Crippen LogP contribution in [0.25, 0.3) is 20.7 Å². The lowest BCUT2D eigenvalue weighted by molar-refractivity contribution is -0.118. The van der Waals surface area contributed by atoms with E-state index in [-0.39, 0.29) is 23.6 Å². The minimum Gasteiger partial charge on any atom is -0.354 e. The van der Waals surface area contributed by atoms with E-state index in [1.807, 2.05) is 42.5 Å². The van der Waals surface area contributed by atoms with Crippen molar-refractivity contribution in [2.45, 2.75) is 18.1 Å². The number of hydrogen-bond acceptors (Lipinski definition) is 6. The quantitative estimate of drug-likeness (QED) is 0.266. The summed E-state index contributed by atoms with van der Waals surface area (Å²) in [6.07, 6.45) is 1.90. The van der Waals surface area contributed by atoms with E-state index >= 15 is 0 Å². The van der Waals surface area contributed by atoms with Crippen molar-refractivity contribution in [2.75, 3.05) is 12.3 Å². The molecule has 0 bridgehead atoms. The first-order valence-corrected chi connectivity index (χ1v) is 10.4. The summed E-state index contributed by atoms with van der Waals surface area (Å²) in [5, 5.41) is 12.2. The van der Waals surface area contributed by atoms with Crippen LogP contribution in [-0.2, 0) is 11.3 Å². The van der Waals surface area contributed by atoms with Crippen LogP contribution in [0.4, 0.5) is 0 Å². The number of thiophene rings is 1. The van der Waals surface area contributed by atoms with Gasteiger partial charge in [0.05, 0.1) is 23.6 Å². The molecule has 0 atom stereocenters. The van der Waals surface area contributed by atoms with E-state index in [4.69, 9.17) is 5.26 Å². The molecule has 0 unspecified atom stereocenters. The molecule has 0 aliphatic rings. The second-order valence-electron chi connectivity index (χ2n) is 5.84. The molecule has 2 heterocycles. The molecule has 0 spiro atoms. The summed E-state index contributed by atoms with van der Waals surface area (Å²) < 4.78 is 1.53. The summed E-state index contributed by atoms with van der Waals surface area (Å²) >= 11 is 2.66. The zero-order valence-electron chi connectivity index (χ0n) is 15.1. The van der Waals surface area contributed by atoms with Gasteiger partial charge in [-0.15, -0.1) is 17.9 Å². The topological polar surface area (TPSA) is 87.8 Å². The number of fused-ring (bicyclic) bond motifs is 1. The summed E-state index contributed by atoms with van der Waals surface area (Å²) in [6, 6.07) is 13.7. The van der Waals surface area contributed by atoms with E-state index in [0.717, 1.165) is 10.4 Å². The maximum Gasteiger partial charge on any atom is 0.263 e. The Morgan fingerprint density at radius 2 is 2.18 bits per heavy atom. The van der Waals surface area contributed by atoms with E-state index < -0.39 is 0 Å². The molecule has 142 valence electrons. The number of amides is 1. The van der Waals surface area contributed by atoms with Crippen LogP contribution >= 0.6 is 23.1 Å². The third-order valence-corrected chi connectivity index (χ3v) is 5.93. The number of thioether (sulfide) groups is 1. The fourth-order valence-electron chi connectivity index (χ4n) is 2.58. The third kappa shape index (κ3) is 4.50. The number of hydrogen-bond donors (Lipinski definition) is 1. The minimum absolute atomic E-state index is 0.122. The van der Waals surface area contributed by atoms with Gasteiger partial charge in [-0.1, -0.05) is 48.2 Å². The molecule has 1 amide bonds. The van der Waals surface area contributed by atoms with Crippen molar-refractivity contribution in [3.63, 3.8) is 0 Å². The van der Waals surface area contributed by atoms with E-state index in [2.05, 4.69) is 16.9 Å². The lowest BCUT2D eigenvalue weighted by atomic mass is 10.2. The van der Waals surface area contributed by atoms with E-state index in [1.54, 1.807) is 6.08 Å². The normalized spacial score (nSPS) is 10.5. The molecule has 3 aromatic rings. The Kier molecular flexibility index (Phi) is 6.63. The third-order valence-electron chi connectivity index (χ3n) is 3.88. The Balaban J connectivity index is 1.92. The van der Waals surface area contributed by atoms with Gasteiger partial charge >= 0.3 is 0 Å². The number of nitrogens with zero attached hydrogens (tertiary/aromatic N) is 3. The number of carbonyl (C=O) groups is 1. The van der Waals surface area contributed by atoms with Crippen LogP contribution in [-0.4, -0.2) is 27.8 Å². The monoisotopic (exact) mass is 410 g/mol. The van der Waals surface area contributed by atoms with Gasteiger partial charge in [-0.3, -0.25) is 14.2 Å². The summed E-state index contributed by atoms with van der Waals surface area (Å²) in [5.41, 5.74) is 0.891. The van der Waals surface area contributed by atoms with Crippen molar-refractivity contribution in [2.24, 2.45) is 0 Å². The molecule has 6 nitrogen and oxygen atoms in total. The highest BCUT2D eigenvalue weighted by atomic mass is 32.2. The van der Waals surface area contributed by atoms with E-state index in [1.165, 1.54) is 27.7 Å². The largest absolute Gasteiger partial charge is 0.354 e. The molecule has 0 saturated heterocycles. The summed E-state index contributed by atoms with van der Waals surface area (Å²) in [7, 11) is 0. The maximum atomic E-state index is 13.0. The van der Waals surface area contributed by atoms with Crippen molar-refractivity contribution < 1.29 is 4.79 Å². The van der Waals surface area contributed by atoms with Crippen LogP contribution < -0.4 is 10.9 Å². The molecule has 0 radical (unpaired) electrons. The van der Waals surface area contributed by atoms with Gasteiger partial charge in [0.1, 0.15) is 4.83 Å². The molecule has 0 saturated carbocycles. The molecule has 1 aromatic carbocycles. The first-order chi connectivity index (χ1) is 13.6. The van der Waals surface area contributed by atoms with Crippen LogP contribution in [0.15, 0.2) is 59.0 Å². The molecule has 0 aliphatic carbocycles. The summed E-state index contributed by atoms with van der Waals surface area (Å²) in [6.45, 7) is 4.34. The van der Waals surface area contributed by atoms with Crippen LogP contribution in [0, 0.1) is 11.3 Å². The molecule has 28 heavy (non-hydrogen) atoms. The van der Waals surface area contributed by atoms with Gasteiger partial charge in [0.25, 0.3) is 5.56 Å². The van der Waals surface area contributed by atoms with Crippen LogP contribution in [0.1, 0.15) is 6.42 Å². The Hall–Kier alpha value is -2.89. The van der Waals surface area contributed by atoms with Gasteiger partial charge < -0.3 is 5.32 Å². The standard InChI is InChI=1S/C20H18N4O2S2/c1-2-11-24-19(26)15-12-16(14-7-4-3-5-8-14)28-18(15)23-20(24)27-13-17(25)22-10-6-9-21/h2-5,7-8,12H,1,6,10-11,13H2,(H,22,25). The zero-order chi connectivity index (χ0) is 19.9. The summed E-state index contributed by atoms with van der Waals surface area (Å²) in [4.78, 5) is 31.2. The Labute approximate surface area is 170 Å². The van der Waals surface area contributed by atoms with Crippen LogP contribution in [0.5, 0.6) is 0 Å². The number of allylic oxidation sites excluding steroid dienone is 1. The Morgan fingerprint density at radius 1 is 1.39 bits per heavy atom. The predicted octanol–water partition coefficient (Wildman–Crippen LogP) is 3.43. The number of aromatic nitrogens is 2. The maximum absolute atomic E-state index is 13.0. The average molecular weight is 411 g/mol. The number of rotatable bonds is 8. The van der Waals surface area contributed by atoms with Crippen molar-refractivity contribution in [3.8, 4) is 16.5 Å². The molecular formula is C20H18N4O2S2. The molecular weight excluding hydrogens is 392 g/mol. The SMILES string of the molecule is C=CCn1c(SCC(=O)NCCC#N)nc2sc(-c3ccccc3)cc2c1=O. The number of carbonyl (C=O) groups excluding carboxylic acids is 1. The minimum atomic E-state index is -0.198. The Bertz CT molecular complexity index is 1100. The van der Waals surface area contributed by atoms with E-state index in [9.17, 15) is 9.59 Å². The van der Waals surface area contributed by atoms with Crippen LogP contribution in [0.3, 0.4) is 0 Å². The molecule has 2 aromatic heterocycles. The number of nitrogens with one attached hydrogen (secondary N) is 1. The van der Waals surface area contributed by atoms with Gasteiger partial charge in [-0.2, -0.15) is 5.26 Å². The lowest BCUT2D eigenvalue weighted by Gasteiger charge is -2.09. The molecule has 0 fully saturated rings. The lowest BCUT2D eigenvalue weighted by Crippen LogP contribution is -2.27. The average Bonchev–Trinajstić information content (AvgIpc) is 3.14. The smallest absolute Gasteiger partial charge is 0.263 e. The van der Waals surface area contributed by atoms with E-state index in [0.29, 0.717) is 28.5 Å². The highest BCUT2D eigenvalue weighted by Gasteiger charge is 2.15. The van der Waals surface area contributed by atoms with Gasteiger partial charge in [-0.25, -0.2) is 4.98 Å². The molecule has 3 rings (SSSR count). The molecule has 0 aliphatic heterocycles. The Morgan fingerprint density at radius 3 is 2.89 bits per heavy atom. The highest BCUT2D eigenvalue weighted by Crippen LogP contribution is 2.32. The van der Waals surface area contributed by atoms with Gasteiger partial charge in [0, 0.05) is 18.0 Å². The van der Waals surface area contributed by atoms with Gasteiger partial charge in [0.2, 0.25) is 5.91 Å². The highest BCUT2D eigenvalue weighted by molar-refractivity contribution is 7.99. The second-order valence-corrected chi connectivity index (χ2v) is 7.81. The predicted molar refractivity (Wildman–Crippen MR) is 113 cm³/mol. The number of benzene rings is 1. The van der Waals surface area contributed by atoms with Gasteiger partial charge in [-0.05, 0) is 11.6 Å². The van der Waals surface area contributed by atoms with Crippen molar-refractivity contribution in [1.29, 1.82) is 5.26 Å². The van der Waals surface area contributed by atoms with Crippen molar-refractivity contribution in [3.05, 3.63) is 59.4 Å². The van der Waals surface area contributed by atoms with Crippen molar-refractivity contribution >= 4 is 39.2 Å².